The summed E-state index contributed by atoms with van der Waals surface area (Å²) in [6.45, 7) is 11.6. The number of nitrogens with zero attached hydrogens (tertiary/aromatic N) is 2. The fourth-order valence-electron chi connectivity index (χ4n) is 4.49. The highest BCUT2D eigenvalue weighted by Crippen LogP contribution is 2.23. The van der Waals surface area contributed by atoms with Crippen LogP contribution in [0.2, 0.25) is 0 Å². The van der Waals surface area contributed by atoms with Crippen molar-refractivity contribution in [2.24, 2.45) is 0 Å². The molecule has 0 unspecified atom stereocenters. The van der Waals surface area contributed by atoms with E-state index in [1.807, 2.05) is 54.6 Å². The van der Waals surface area contributed by atoms with Crippen LogP contribution in [0, 0.1) is 0 Å². The Kier molecular flexibility index (Phi) is 8.18. The number of rotatable bonds is 9. The lowest BCUT2D eigenvalue weighted by molar-refractivity contribution is -0.132. The van der Waals surface area contributed by atoms with Crippen molar-refractivity contribution in [2.45, 2.75) is 59.0 Å². The standard InChI is InChI=1S/C31H37N3O2S/c1-22(2)34(30(36)28-11-8-18-37-28)21-29(35)33(20-23-12-14-25(15-13-23)31(3,4)5)17-16-24-19-32-27-10-7-6-9-26(24)27/h6-15,18-19,22,32H,16-17,20-21H2,1-5H3. The zero-order valence-electron chi connectivity index (χ0n) is 22.5. The Morgan fingerprint density at radius 1 is 0.973 bits per heavy atom. The number of amides is 2. The number of aromatic nitrogens is 1. The van der Waals surface area contributed by atoms with Crippen molar-refractivity contribution < 1.29 is 9.59 Å². The minimum Gasteiger partial charge on any atom is -0.361 e. The summed E-state index contributed by atoms with van der Waals surface area (Å²) in [6.07, 6.45) is 2.77. The van der Waals surface area contributed by atoms with E-state index in [9.17, 15) is 9.59 Å². The predicted molar refractivity (Wildman–Crippen MR) is 153 cm³/mol. The quantitative estimate of drug-likeness (QED) is 0.271. The van der Waals surface area contributed by atoms with E-state index in [1.54, 1.807) is 4.90 Å². The number of H-pyrrole nitrogens is 1. The first-order valence-electron chi connectivity index (χ1n) is 12.9. The molecule has 0 aliphatic carbocycles. The molecule has 2 aromatic heterocycles. The Hall–Kier alpha value is -3.38. The summed E-state index contributed by atoms with van der Waals surface area (Å²) in [7, 11) is 0. The Bertz CT molecular complexity index is 1330. The molecule has 0 spiro atoms. The molecular weight excluding hydrogens is 478 g/mol. The number of fused-ring (bicyclic) bond motifs is 1. The van der Waals surface area contributed by atoms with Gasteiger partial charge in [-0.1, -0.05) is 69.3 Å². The molecule has 194 valence electrons. The van der Waals surface area contributed by atoms with E-state index >= 15 is 0 Å². The van der Waals surface area contributed by atoms with Crippen molar-refractivity contribution in [1.29, 1.82) is 0 Å². The zero-order valence-corrected chi connectivity index (χ0v) is 23.3. The van der Waals surface area contributed by atoms with Crippen LogP contribution in [0.25, 0.3) is 10.9 Å². The van der Waals surface area contributed by atoms with Crippen LogP contribution in [0.15, 0.2) is 72.2 Å². The monoisotopic (exact) mass is 515 g/mol. The molecule has 0 atom stereocenters. The van der Waals surface area contributed by atoms with E-state index in [4.69, 9.17) is 0 Å². The SMILES string of the molecule is CC(C)N(CC(=O)N(CCc1c[nH]c2ccccc12)Cc1ccc(C(C)(C)C)cc1)C(=O)c1cccs1. The second-order valence-electron chi connectivity index (χ2n) is 10.9. The highest BCUT2D eigenvalue weighted by molar-refractivity contribution is 7.12. The van der Waals surface area contributed by atoms with Crippen molar-refractivity contribution in [3.8, 4) is 0 Å². The third-order valence-corrected chi connectivity index (χ3v) is 7.65. The van der Waals surface area contributed by atoms with E-state index in [1.165, 1.54) is 27.8 Å². The second-order valence-corrected chi connectivity index (χ2v) is 11.8. The maximum Gasteiger partial charge on any atom is 0.264 e. The van der Waals surface area contributed by atoms with Gasteiger partial charge in [0.2, 0.25) is 5.91 Å². The molecule has 37 heavy (non-hydrogen) atoms. The first-order chi connectivity index (χ1) is 17.6. The summed E-state index contributed by atoms with van der Waals surface area (Å²) >= 11 is 1.41. The molecule has 0 bridgehead atoms. The molecule has 5 nitrogen and oxygen atoms in total. The largest absolute Gasteiger partial charge is 0.361 e. The molecule has 0 fully saturated rings. The summed E-state index contributed by atoms with van der Waals surface area (Å²) in [6, 6.07) is 20.4. The van der Waals surface area contributed by atoms with Gasteiger partial charge in [-0.05, 0) is 59.9 Å². The lowest BCUT2D eigenvalue weighted by Gasteiger charge is -2.30. The first-order valence-corrected chi connectivity index (χ1v) is 13.8. The highest BCUT2D eigenvalue weighted by Gasteiger charge is 2.25. The van der Waals surface area contributed by atoms with Crippen molar-refractivity contribution in [3.05, 3.63) is 93.8 Å². The molecular formula is C31H37N3O2S. The molecule has 2 amide bonds. The van der Waals surface area contributed by atoms with Crippen LogP contribution in [0.4, 0.5) is 0 Å². The number of para-hydroxylation sites is 1. The number of carbonyl (C=O) groups excluding carboxylic acids is 2. The molecule has 0 aliphatic rings. The van der Waals surface area contributed by atoms with E-state index < -0.39 is 0 Å². The molecule has 2 heterocycles. The normalized spacial score (nSPS) is 11.7. The highest BCUT2D eigenvalue weighted by atomic mass is 32.1. The lowest BCUT2D eigenvalue weighted by atomic mass is 9.87. The van der Waals surface area contributed by atoms with Gasteiger partial charge in [0.1, 0.15) is 6.54 Å². The van der Waals surface area contributed by atoms with Gasteiger partial charge in [0.25, 0.3) is 5.91 Å². The average Bonchev–Trinajstić information content (AvgIpc) is 3.55. The Morgan fingerprint density at radius 2 is 1.70 bits per heavy atom. The number of nitrogens with one attached hydrogen (secondary N) is 1. The third-order valence-electron chi connectivity index (χ3n) is 6.79. The molecule has 6 heteroatoms. The molecule has 0 aliphatic heterocycles. The average molecular weight is 516 g/mol. The number of hydrogen-bond donors (Lipinski definition) is 1. The second kappa shape index (κ2) is 11.3. The molecule has 4 rings (SSSR count). The van der Waals surface area contributed by atoms with Gasteiger partial charge in [-0.2, -0.15) is 0 Å². The molecule has 1 N–H and O–H groups in total. The van der Waals surface area contributed by atoms with Crippen LogP contribution in [-0.2, 0) is 23.2 Å². The van der Waals surface area contributed by atoms with Crippen LogP contribution < -0.4 is 0 Å². The number of thiophene rings is 1. The number of hydrogen-bond acceptors (Lipinski definition) is 3. The number of carbonyl (C=O) groups is 2. The summed E-state index contributed by atoms with van der Waals surface area (Å²) in [5.74, 6) is -0.136. The maximum atomic E-state index is 13.7. The zero-order chi connectivity index (χ0) is 26.6. The van der Waals surface area contributed by atoms with Crippen molar-refractivity contribution in [1.82, 2.24) is 14.8 Å². The summed E-state index contributed by atoms with van der Waals surface area (Å²) in [4.78, 5) is 34.4. The van der Waals surface area contributed by atoms with Gasteiger partial charge < -0.3 is 14.8 Å². The third kappa shape index (κ3) is 6.50. The molecule has 2 aromatic carbocycles. The van der Waals surface area contributed by atoms with E-state index in [0.29, 0.717) is 18.0 Å². The van der Waals surface area contributed by atoms with Crippen LogP contribution in [0.5, 0.6) is 0 Å². The van der Waals surface area contributed by atoms with Crippen LogP contribution >= 0.6 is 11.3 Å². The van der Waals surface area contributed by atoms with Gasteiger partial charge in [0.15, 0.2) is 0 Å². The molecule has 0 saturated carbocycles. The lowest BCUT2D eigenvalue weighted by Crippen LogP contribution is -2.46. The fraction of sp³-hybridized carbons (Fsp3) is 0.355. The van der Waals surface area contributed by atoms with Gasteiger partial charge in [0, 0.05) is 36.2 Å². The topological polar surface area (TPSA) is 56.4 Å². The Labute approximate surface area is 224 Å². The van der Waals surface area contributed by atoms with Crippen molar-refractivity contribution >= 4 is 34.1 Å². The summed E-state index contributed by atoms with van der Waals surface area (Å²) in [5, 5.41) is 3.07. The van der Waals surface area contributed by atoms with Crippen LogP contribution in [0.3, 0.4) is 0 Å². The van der Waals surface area contributed by atoms with Crippen LogP contribution in [-0.4, -0.2) is 45.7 Å². The van der Waals surface area contributed by atoms with Gasteiger partial charge in [-0.3, -0.25) is 9.59 Å². The first kappa shape index (κ1) is 26.7. The molecule has 0 saturated heterocycles. The number of aromatic amines is 1. The Morgan fingerprint density at radius 3 is 2.35 bits per heavy atom. The van der Waals surface area contributed by atoms with Gasteiger partial charge in [-0.25, -0.2) is 0 Å². The smallest absolute Gasteiger partial charge is 0.264 e. The van der Waals surface area contributed by atoms with Gasteiger partial charge >= 0.3 is 0 Å². The Balaban J connectivity index is 1.55. The van der Waals surface area contributed by atoms with Gasteiger partial charge in [0.05, 0.1) is 4.88 Å². The maximum absolute atomic E-state index is 13.7. The number of benzene rings is 2. The van der Waals surface area contributed by atoms with E-state index in [2.05, 4.69) is 62.2 Å². The molecule has 0 radical (unpaired) electrons. The van der Waals surface area contributed by atoms with Crippen LogP contribution in [0.1, 0.15) is 61.0 Å². The van der Waals surface area contributed by atoms with E-state index in [-0.39, 0.29) is 29.8 Å². The summed E-state index contributed by atoms with van der Waals surface area (Å²) in [5.41, 5.74) is 4.71. The van der Waals surface area contributed by atoms with Gasteiger partial charge in [-0.15, -0.1) is 11.3 Å². The molecule has 4 aromatic rings. The minimum absolute atomic E-state index is 0.0432. The minimum atomic E-state index is -0.0931. The predicted octanol–water partition coefficient (Wildman–Crippen LogP) is 6.65. The summed E-state index contributed by atoms with van der Waals surface area (Å²) < 4.78 is 0. The van der Waals surface area contributed by atoms with Crippen molar-refractivity contribution in [3.63, 3.8) is 0 Å². The van der Waals surface area contributed by atoms with Crippen molar-refractivity contribution in [2.75, 3.05) is 13.1 Å². The fourth-order valence-corrected chi connectivity index (χ4v) is 5.17. The van der Waals surface area contributed by atoms with E-state index in [0.717, 1.165) is 17.5 Å².